The van der Waals surface area contributed by atoms with Crippen LogP contribution in [0.3, 0.4) is 0 Å². The van der Waals surface area contributed by atoms with Gasteiger partial charge in [0.1, 0.15) is 11.9 Å². The number of aryl methyl sites for hydroxylation is 2. The number of carbonyl (C=O) groups excluding carboxylic acids is 1. The number of ether oxygens (including phenoxy) is 1. The molecule has 1 atom stereocenters. The highest BCUT2D eigenvalue weighted by molar-refractivity contribution is 5.79. The molecule has 2 aromatic heterocycles. The van der Waals surface area contributed by atoms with Gasteiger partial charge in [0.2, 0.25) is 5.91 Å². The summed E-state index contributed by atoms with van der Waals surface area (Å²) in [5.41, 5.74) is 2.69. The predicted molar refractivity (Wildman–Crippen MR) is 104 cm³/mol. The summed E-state index contributed by atoms with van der Waals surface area (Å²) in [4.78, 5) is 31.5. The van der Waals surface area contributed by atoms with Crippen LogP contribution >= 0.6 is 0 Å². The number of nitrogens with one attached hydrogen (secondary N) is 1. The first-order valence-corrected chi connectivity index (χ1v) is 9.79. The van der Waals surface area contributed by atoms with E-state index in [0.717, 1.165) is 55.0 Å². The summed E-state index contributed by atoms with van der Waals surface area (Å²) >= 11 is 0. The van der Waals surface area contributed by atoms with Gasteiger partial charge in [-0.1, -0.05) is 0 Å². The molecule has 4 rings (SSSR count). The Morgan fingerprint density at radius 3 is 2.93 bits per heavy atom. The van der Waals surface area contributed by atoms with Crippen molar-refractivity contribution in [2.45, 2.75) is 38.8 Å². The molecular weight excluding hydrogens is 358 g/mol. The van der Waals surface area contributed by atoms with Crippen molar-refractivity contribution in [3.8, 4) is 0 Å². The molecule has 148 valence electrons. The maximum absolute atomic E-state index is 12.6. The Labute approximate surface area is 163 Å². The Morgan fingerprint density at radius 2 is 2.11 bits per heavy atom. The first-order chi connectivity index (χ1) is 13.6. The van der Waals surface area contributed by atoms with E-state index in [1.165, 1.54) is 4.68 Å². The van der Waals surface area contributed by atoms with Gasteiger partial charge in [0.25, 0.3) is 5.56 Å². The molecule has 1 aliphatic carbocycles. The summed E-state index contributed by atoms with van der Waals surface area (Å²) in [6.07, 6.45) is 4.53. The zero-order valence-electron chi connectivity index (χ0n) is 16.1. The lowest BCUT2D eigenvalue weighted by molar-refractivity contribution is -0.124. The monoisotopic (exact) mass is 383 g/mol. The van der Waals surface area contributed by atoms with E-state index in [9.17, 15) is 9.59 Å². The minimum Gasteiger partial charge on any atom is -0.378 e. The molecule has 1 fully saturated rings. The molecule has 0 aromatic carbocycles. The van der Waals surface area contributed by atoms with Crippen molar-refractivity contribution in [2.24, 2.45) is 0 Å². The van der Waals surface area contributed by atoms with Gasteiger partial charge in [-0.2, -0.15) is 5.10 Å². The SMILES string of the molecule is C[C@H](C(=O)NCc1ccnc(N2CCOCC2)c1)n1nc2c(cc1=O)CCC2. The Balaban J connectivity index is 1.41. The summed E-state index contributed by atoms with van der Waals surface area (Å²) in [6.45, 7) is 5.10. The maximum atomic E-state index is 12.6. The molecule has 1 N–H and O–H groups in total. The van der Waals surface area contributed by atoms with Crippen molar-refractivity contribution in [3.05, 3.63) is 51.6 Å². The standard InChI is InChI=1S/C20H25N5O3/c1-14(25-19(26)12-16-3-2-4-17(16)23-25)20(27)22-13-15-5-6-21-18(11-15)24-7-9-28-10-8-24/h5-6,11-12,14H,2-4,7-10,13H2,1H3,(H,22,27)/t14-/m1/s1. The summed E-state index contributed by atoms with van der Waals surface area (Å²) in [5.74, 6) is 0.664. The number of hydrogen-bond acceptors (Lipinski definition) is 6. The third kappa shape index (κ3) is 3.91. The summed E-state index contributed by atoms with van der Waals surface area (Å²) in [6, 6.07) is 4.83. The molecule has 0 radical (unpaired) electrons. The van der Waals surface area contributed by atoms with E-state index in [0.29, 0.717) is 19.8 Å². The van der Waals surface area contributed by atoms with E-state index < -0.39 is 6.04 Å². The van der Waals surface area contributed by atoms with Crippen molar-refractivity contribution >= 4 is 11.7 Å². The zero-order chi connectivity index (χ0) is 19.5. The molecule has 0 spiro atoms. The lowest BCUT2D eigenvalue weighted by Crippen LogP contribution is -2.37. The fourth-order valence-corrected chi connectivity index (χ4v) is 3.68. The molecule has 0 bridgehead atoms. The van der Waals surface area contributed by atoms with E-state index in [-0.39, 0.29) is 11.5 Å². The molecule has 1 amide bonds. The van der Waals surface area contributed by atoms with E-state index in [1.54, 1.807) is 19.2 Å². The average molecular weight is 383 g/mol. The molecule has 1 aliphatic heterocycles. The number of anilines is 1. The van der Waals surface area contributed by atoms with Gasteiger partial charge < -0.3 is 15.0 Å². The largest absolute Gasteiger partial charge is 0.378 e. The molecule has 2 aromatic rings. The van der Waals surface area contributed by atoms with Gasteiger partial charge in [-0.25, -0.2) is 9.67 Å². The van der Waals surface area contributed by atoms with Gasteiger partial charge in [-0.05, 0) is 49.4 Å². The average Bonchev–Trinajstić information content (AvgIpc) is 3.19. The van der Waals surface area contributed by atoms with Gasteiger partial charge in [-0.3, -0.25) is 9.59 Å². The molecule has 2 aliphatic rings. The van der Waals surface area contributed by atoms with Crippen LogP contribution in [0.2, 0.25) is 0 Å². The number of pyridine rings is 1. The Bertz CT molecular complexity index is 920. The number of morpholine rings is 1. The molecular formula is C20H25N5O3. The van der Waals surface area contributed by atoms with Crippen LogP contribution in [0.4, 0.5) is 5.82 Å². The molecule has 3 heterocycles. The third-order valence-electron chi connectivity index (χ3n) is 5.34. The second-order valence-electron chi connectivity index (χ2n) is 7.27. The molecule has 28 heavy (non-hydrogen) atoms. The highest BCUT2D eigenvalue weighted by Crippen LogP contribution is 2.18. The highest BCUT2D eigenvalue weighted by Gasteiger charge is 2.21. The minimum atomic E-state index is -0.654. The van der Waals surface area contributed by atoms with E-state index in [4.69, 9.17) is 4.74 Å². The van der Waals surface area contributed by atoms with Gasteiger partial charge in [0, 0.05) is 31.9 Å². The van der Waals surface area contributed by atoms with Crippen LogP contribution in [0.1, 0.15) is 36.2 Å². The highest BCUT2D eigenvalue weighted by atomic mass is 16.5. The zero-order valence-corrected chi connectivity index (χ0v) is 16.1. The van der Waals surface area contributed by atoms with Gasteiger partial charge in [-0.15, -0.1) is 0 Å². The van der Waals surface area contributed by atoms with Crippen molar-refractivity contribution < 1.29 is 9.53 Å². The van der Waals surface area contributed by atoms with Crippen molar-refractivity contribution in [1.29, 1.82) is 0 Å². The van der Waals surface area contributed by atoms with Crippen LogP contribution in [0, 0.1) is 0 Å². The quantitative estimate of drug-likeness (QED) is 0.823. The number of amides is 1. The van der Waals surface area contributed by atoms with E-state index in [2.05, 4.69) is 20.3 Å². The topological polar surface area (TPSA) is 89.3 Å². The summed E-state index contributed by atoms with van der Waals surface area (Å²) in [5, 5.41) is 7.33. The summed E-state index contributed by atoms with van der Waals surface area (Å²) < 4.78 is 6.67. The van der Waals surface area contributed by atoms with Crippen molar-refractivity contribution in [1.82, 2.24) is 20.1 Å². The lowest BCUT2D eigenvalue weighted by Gasteiger charge is -2.28. The molecule has 8 heteroatoms. The van der Waals surface area contributed by atoms with Gasteiger partial charge in [0.05, 0.1) is 18.9 Å². The lowest BCUT2D eigenvalue weighted by atomic mass is 10.2. The number of aromatic nitrogens is 3. The Morgan fingerprint density at radius 1 is 1.29 bits per heavy atom. The van der Waals surface area contributed by atoms with Crippen LogP contribution in [0.5, 0.6) is 0 Å². The number of carbonyl (C=O) groups is 1. The van der Waals surface area contributed by atoms with Gasteiger partial charge >= 0.3 is 0 Å². The fraction of sp³-hybridized carbons (Fsp3) is 0.500. The number of fused-ring (bicyclic) bond motifs is 1. The molecule has 0 saturated carbocycles. The van der Waals surface area contributed by atoms with Crippen LogP contribution in [-0.4, -0.2) is 47.0 Å². The van der Waals surface area contributed by atoms with Crippen LogP contribution in [-0.2, 0) is 28.9 Å². The number of nitrogens with zero attached hydrogens (tertiary/aromatic N) is 4. The normalized spacial score (nSPS) is 17.2. The van der Waals surface area contributed by atoms with Crippen LogP contribution in [0.25, 0.3) is 0 Å². The second-order valence-corrected chi connectivity index (χ2v) is 7.27. The smallest absolute Gasteiger partial charge is 0.267 e. The summed E-state index contributed by atoms with van der Waals surface area (Å²) in [7, 11) is 0. The first-order valence-electron chi connectivity index (χ1n) is 9.79. The van der Waals surface area contributed by atoms with Crippen molar-refractivity contribution in [3.63, 3.8) is 0 Å². The van der Waals surface area contributed by atoms with Crippen molar-refractivity contribution in [2.75, 3.05) is 31.2 Å². The number of hydrogen-bond donors (Lipinski definition) is 1. The second kappa shape index (κ2) is 8.10. The maximum Gasteiger partial charge on any atom is 0.267 e. The third-order valence-corrected chi connectivity index (χ3v) is 5.34. The fourth-order valence-electron chi connectivity index (χ4n) is 3.68. The minimum absolute atomic E-state index is 0.221. The number of rotatable bonds is 5. The Hall–Kier alpha value is -2.74. The van der Waals surface area contributed by atoms with E-state index in [1.807, 2.05) is 12.1 Å². The molecule has 8 nitrogen and oxygen atoms in total. The van der Waals surface area contributed by atoms with E-state index >= 15 is 0 Å². The molecule has 1 saturated heterocycles. The van der Waals surface area contributed by atoms with Gasteiger partial charge in [0.15, 0.2) is 0 Å². The Kier molecular flexibility index (Phi) is 5.38. The first kappa shape index (κ1) is 18.6. The molecule has 0 unspecified atom stereocenters. The predicted octanol–water partition coefficient (Wildman–Crippen LogP) is 0.841. The van der Waals surface area contributed by atoms with Crippen LogP contribution in [0.15, 0.2) is 29.2 Å². The van der Waals surface area contributed by atoms with Crippen LogP contribution < -0.4 is 15.8 Å².